The van der Waals surface area contributed by atoms with Gasteiger partial charge in [-0.25, -0.2) is 0 Å². The lowest BCUT2D eigenvalue weighted by Crippen LogP contribution is -2.42. The van der Waals surface area contributed by atoms with Crippen molar-refractivity contribution in [1.29, 1.82) is 0 Å². The first-order chi connectivity index (χ1) is 11.0. The molecule has 2 aliphatic rings. The molecule has 1 aromatic heterocycles. The van der Waals surface area contributed by atoms with Crippen LogP contribution in [0.5, 0.6) is 0 Å². The molecule has 0 aromatic carbocycles. The monoisotopic (exact) mass is 341 g/mol. The number of hydrogen-bond acceptors (Lipinski definition) is 4. The highest BCUT2D eigenvalue weighted by Crippen LogP contribution is 2.17. The molecule has 7 nitrogen and oxygen atoms in total. The molecule has 2 aliphatic heterocycles. The zero-order valence-corrected chi connectivity index (χ0v) is 14.9. The van der Waals surface area contributed by atoms with Gasteiger partial charge in [0, 0.05) is 52.5 Å². The Balaban J connectivity index is 1.61. The van der Waals surface area contributed by atoms with E-state index in [0.29, 0.717) is 13.1 Å². The maximum absolute atomic E-state index is 12.3. The third-order valence-corrected chi connectivity index (χ3v) is 6.63. The van der Waals surface area contributed by atoms with Crippen molar-refractivity contribution < 1.29 is 8.42 Å². The Morgan fingerprint density at radius 3 is 2.65 bits per heavy atom. The van der Waals surface area contributed by atoms with E-state index in [-0.39, 0.29) is 0 Å². The third-order valence-electron chi connectivity index (χ3n) is 4.69. The molecule has 3 rings (SSSR count). The molecule has 0 amide bonds. The predicted octanol–water partition coefficient (Wildman–Crippen LogP) is 0.534. The van der Waals surface area contributed by atoms with Crippen molar-refractivity contribution in [2.24, 2.45) is 0 Å². The summed E-state index contributed by atoms with van der Waals surface area (Å²) in [6, 6.07) is 2.22. The Bertz CT molecular complexity index is 617. The molecule has 0 unspecified atom stereocenters. The molecule has 130 valence electrons. The molecule has 0 spiro atoms. The Morgan fingerprint density at radius 1 is 1.09 bits per heavy atom. The van der Waals surface area contributed by atoms with Gasteiger partial charge in [-0.05, 0) is 38.3 Å². The average Bonchev–Trinajstić information content (AvgIpc) is 2.76. The number of fused-ring (bicyclic) bond motifs is 1. The number of nitrogens with zero attached hydrogens (tertiary/aromatic N) is 5. The van der Waals surface area contributed by atoms with Crippen LogP contribution in [0.15, 0.2) is 6.07 Å². The molecule has 0 saturated carbocycles. The number of hydrogen-bond donors (Lipinski definition) is 0. The minimum absolute atomic E-state index is 0.550. The van der Waals surface area contributed by atoms with E-state index in [1.54, 1.807) is 18.4 Å². The summed E-state index contributed by atoms with van der Waals surface area (Å²) in [6.07, 6.45) is 4.46. The van der Waals surface area contributed by atoms with Crippen molar-refractivity contribution in [1.82, 2.24) is 23.3 Å². The molecular formula is C15H27N5O2S. The van der Waals surface area contributed by atoms with Gasteiger partial charge in [0.25, 0.3) is 10.2 Å². The molecule has 23 heavy (non-hydrogen) atoms. The smallest absolute Gasteiger partial charge is 0.281 e. The minimum Gasteiger partial charge on any atom is -0.296 e. The quantitative estimate of drug-likeness (QED) is 0.802. The van der Waals surface area contributed by atoms with Crippen LogP contribution in [-0.2, 0) is 29.7 Å². The van der Waals surface area contributed by atoms with Crippen LogP contribution in [0.25, 0.3) is 0 Å². The van der Waals surface area contributed by atoms with Crippen molar-refractivity contribution in [3.63, 3.8) is 0 Å². The van der Waals surface area contributed by atoms with Crippen LogP contribution >= 0.6 is 0 Å². The summed E-state index contributed by atoms with van der Waals surface area (Å²) in [5, 5.41) is 4.71. The molecule has 3 heterocycles. The zero-order chi connectivity index (χ0) is 16.4. The molecule has 0 N–H and O–H groups in total. The van der Waals surface area contributed by atoms with Crippen molar-refractivity contribution in [2.75, 3.05) is 40.3 Å². The number of aromatic nitrogens is 2. The van der Waals surface area contributed by atoms with Gasteiger partial charge in [-0.1, -0.05) is 0 Å². The largest absolute Gasteiger partial charge is 0.296 e. The van der Waals surface area contributed by atoms with Gasteiger partial charge in [-0.3, -0.25) is 9.58 Å². The second kappa shape index (κ2) is 6.88. The van der Waals surface area contributed by atoms with Crippen molar-refractivity contribution in [2.45, 2.75) is 38.8 Å². The maximum Gasteiger partial charge on any atom is 0.281 e. The van der Waals surface area contributed by atoms with Crippen LogP contribution in [-0.4, -0.2) is 72.0 Å². The predicted molar refractivity (Wildman–Crippen MR) is 89.2 cm³/mol. The summed E-state index contributed by atoms with van der Waals surface area (Å²) in [6.45, 7) is 4.67. The van der Waals surface area contributed by atoms with Gasteiger partial charge in [0.1, 0.15) is 0 Å². The third kappa shape index (κ3) is 3.76. The van der Waals surface area contributed by atoms with Crippen LogP contribution < -0.4 is 0 Å². The highest BCUT2D eigenvalue weighted by molar-refractivity contribution is 7.86. The molecule has 0 bridgehead atoms. The van der Waals surface area contributed by atoms with Crippen LogP contribution in [0.3, 0.4) is 0 Å². The number of rotatable bonds is 4. The van der Waals surface area contributed by atoms with Crippen LogP contribution in [0.4, 0.5) is 0 Å². The minimum atomic E-state index is -3.30. The van der Waals surface area contributed by atoms with Crippen LogP contribution in [0, 0.1) is 0 Å². The molecule has 8 heteroatoms. The summed E-state index contributed by atoms with van der Waals surface area (Å²) in [5.41, 5.74) is 2.46. The standard InChI is InChI=1S/C15H27N5O2S/c1-17(2)23(21,22)19-8-5-7-18(10-11-19)13-14-12-15-6-3-4-9-20(15)16-14/h12H,3-11,13H2,1-2H3. The second-order valence-electron chi connectivity index (χ2n) is 6.63. The van der Waals surface area contributed by atoms with Crippen molar-refractivity contribution in [3.8, 4) is 0 Å². The Morgan fingerprint density at radius 2 is 1.91 bits per heavy atom. The van der Waals surface area contributed by atoms with Crippen molar-refractivity contribution >= 4 is 10.2 Å². The van der Waals surface area contributed by atoms with Gasteiger partial charge in [-0.15, -0.1) is 0 Å². The van der Waals surface area contributed by atoms with Gasteiger partial charge in [0.2, 0.25) is 0 Å². The molecule has 1 fully saturated rings. The fourth-order valence-corrected chi connectivity index (χ4v) is 4.48. The second-order valence-corrected chi connectivity index (χ2v) is 8.77. The van der Waals surface area contributed by atoms with Gasteiger partial charge >= 0.3 is 0 Å². The fraction of sp³-hybridized carbons (Fsp3) is 0.800. The van der Waals surface area contributed by atoms with E-state index in [1.165, 1.54) is 22.8 Å². The van der Waals surface area contributed by atoms with E-state index in [4.69, 9.17) is 5.10 Å². The maximum atomic E-state index is 12.3. The molecular weight excluding hydrogens is 314 g/mol. The number of aryl methyl sites for hydroxylation is 2. The van der Waals surface area contributed by atoms with E-state index < -0.39 is 10.2 Å². The Kier molecular flexibility index (Phi) is 5.05. The summed E-state index contributed by atoms with van der Waals surface area (Å²) in [5.74, 6) is 0. The summed E-state index contributed by atoms with van der Waals surface area (Å²) in [4.78, 5) is 2.32. The molecule has 0 radical (unpaired) electrons. The lowest BCUT2D eigenvalue weighted by atomic mass is 10.1. The molecule has 1 saturated heterocycles. The molecule has 1 aromatic rings. The lowest BCUT2D eigenvalue weighted by molar-refractivity contribution is 0.273. The van der Waals surface area contributed by atoms with E-state index in [2.05, 4.69) is 15.6 Å². The van der Waals surface area contributed by atoms with Crippen LogP contribution in [0.1, 0.15) is 30.7 Å². The summed E-state index contributed by atoms with van der Waals surface area (Å²) in [7, 11) is -0.120. The first kappa shape index (κ1) is 16.9. The first-order valence-electron chi connectivity index (χ1n) is 8.42. The average molecular weight is 341 g/mol. The van der Waals surface area contributed by atoms with Crippen molar-refractivity contribution in [3.05, 3.63) is 17.5 Å². The normalized spacial score (nSPS) is 21.3. The zero-order valence-electron chi connectivity index (χ0n) is 14.1. The molecule has 0 atom stereocenters. The Hall–Kier alpha value is -0.960. The van der Waals surface area contributed by atoms with E-state index >= 15 is 0 Å². The Labute approximate surface area is 139 Å². The highest BCUT2D eigenvalue weighted by atomic mass is 32.2. The van der Waals surface area contributed by atoms with Gasteiger partial charge < -0.3 is 0 Å². The van der Waals surface area contributed by atoms with Gasteiger partial charge in [0.05, 0.1) is 5.69 Å². The van der Waals surface area contributed by atoms with E-state index in [0.717, 1.165) is 44.7 Å². The highest BCUT2D eigenvalue weighted by Gasteiger charge is 2.27. The summed E-state index contributed by atoms with van der Waals surface area (Å²) < 4.78 is 29.5. The van der Waals surface area contributed by atoms with Gasteiger partial charge in [-0.2, -0.15) is 22.1 Å². The lowest BCUT2D eigenvalue weighted by Gasteiger charge is -2.24. The first-order valence-corrected chi connectivity index (χ1v) is 9.82. The van der Waals surface area contributed by atoms with Gasteiger partial charge in [0.15, 0.2) is 0 Å². The molecule has 0 aliphatic carbocycles. The topological polar surface area (TPSA) is 61.7 Å². The van der Waals surface area contributed by atoms with E-state index in [9.17, 15) is 8.42 Å². The van der Waals surface area contributed by atoms with E-state index in [1.807, 2.05) is 0 Å². The SMILES string of the molecule is CN(C)S(=O)(=O)N1CCCN(Cc2cc3n(n2)CCCC3)CC1. The summed E-state index contributed by atoms with van der Waals surface area (Å²) >= 11 is 0. The van der Waals surface area contributed by atoms with Crippen LogP contribution in [0.2, 0.25) is 0 Å². The fourth-order valence-electron chi connectivity index (χ4n) is 3.35.